The number of hydrogen-bond acceptors (Lipinski definition) is 5. The van der Waals surface area contributed by atoms with Crippen molar-refractivity contribution in [1.82, 2.24) is 4.90 Å². The van der Waals surface area contributed by atoms with Crippen LogP contribution in [0.25, 0.3) is 0 Å². The molecule has 0 unspecified atom stereocenters. The molecule has 2 saturated heterocycles. The molecule has 0 aromatic heterocycles. The lowest BCUT2D eigenvalue weighted by Crippen LogP contribution is -2.51. The molecule has 8 heteroatoms. The van der Waals surface area contributed by atoms with Crippen molar-refractivity contribution < 1.29 is 23.9 Å². The molecule has 0 bridgehead atoms. The predicted molar refractivity (Wildman–Crippen MR) is 119 cm³/mol. The van der Waals surface area contributed by atoms with Crippen LogP contribution >= 0.6 is 23.2 Å². The summed E-state index contributed by atoms with van der Waals surface area (Å²) in [5, 5.41) is 0.646. The summed E-state index contributed by atoms with van der Waals surface area (Å²) in [6.45, 7) is 0. The summed E-state index contributed by atoms with van der Waals surface area (Å²) in [5.74, 6) is -4.28. The van der Waals surface area contributed by atoms with Crippen LogP contribution < -0.4 is 0 Å². The molecule has 2 aliphatic carbocycles. The molecule has 6 nitrogen and oxygen atoms in total. The number of nitrogens with zero attached hydrogens (tertiary/aromatic N) is 1. The Morgan fingerprint density at radius 1 is 0.879 bits per heavy atom. The minimum Gasteiger partial charge on any atom is -0.349 e. The van der Waals surface area contributed by atoms with E-state index in [0.29, 0.717) is 10.6 Å². The van der Waals surface area contributed by atoms with Crippen LogP contribution in [-0.2, 0) is 14.3 Å². The lowest BCUT2D eigenvalue weighted by Gasteiger charge is -2.29. The molecular weight excluding hydrogens is 465 g/mol. The van der Waals surface area contributed by atoms with Gasteiger partial charge in [-0.15, -0.1) is 0 Å². The van der Waals surface area contributed by atoms with Crippen molar-refractivity contribution in [3.63, 3.8) is 0 Å². The smallest absolute Gasteiger partial charge is 0.237 e. The van der Waals surface area contributed by atoms with Gasteiger partial charge in [-0.2, -0.15) is 0 Å². The molecule has 2 aromatic carbocycles. The number of ether oxygens (including phenoxy) is 1. The quantitative estimate of drug-likeness (QED) is 0.466. The number of Topliss-reactive ketones (excluding diaryl/α,β-unsaturated/α-hetero) is 2. The number of ketones is 2. The number of carbonyl (C=O) groups is 4. The van der Waals surface area contributed by atoms with E-state index < -0.39 is 46.9 Å². The molecule has 2 aliphatic heterocycles. The Bertz CT molecular complexity index is 1220. The van der Waals surface area contributed by atoms with E-state index in [1.54, 1.807) is 36.4 Å². The number of rotatable bonds is 2. The molecule has 2 amide bonds. The van der Waals surface area contributed by atoms with Crippen molar-refractivity contribution in [2.24, 2.45) is 11.8 Å². The van der Waals surface area contributed by atoms with E-state index in [2.05, 4.69) is 0 Å². The standard InChI is InChI=1S/C25H19Cl2NO5/c26-12-9-10-16(17(27)11-12)20-18-19(24(32)28(23(18)31)13-5-1-2-6-13)25(33-20)21(29)14-7-3-4-8-15(14)22(25)30/h3-4,7-11,13,18-20H,1-2,5-6H2/t18-,19-,20-/m1/s1. The largest absolute Gasteiger partial charge is 0.349 e. The molecular formula is C25H19Cl2NO5. The Morgan fingerprint density at radius 2 is 1.52 bits per heavy atom. The Kier molecular flexibility index (Phi) is 4.60. The van der Waals surface area contributed by atoms with Crippen molar-refractivity contribution in [2.75, 3.05) is 0 Å². The third-order valence-corrected chi connectivity index (χ3v) is 8.07. The van der Waals surface area contributed by atoms with Crippen LogP contribution in [0.4, 0.5) is 0 Å². The monoisotopic (exact) mass is 483 g/mol. The van der Waals surface area contributed by atoms with Crippen molar-refractivity contribution in [3.8, 4) is 0 Å². The summed E-state index contributed by atoms with van der Waals surface area (Å²) in [6.07, 6.45) is 2.27. The zero-order valence-corrected chi connectivity index (χ0v) is 18.9. The first-order valence-corrected chi connectivity index (χ1v) is 11.8. The lowest BCUT2D eigenvalue weighted by molar-refractivity contribution is -0.147. The van der Waals surface area contributed by atoms with Gasteiger partial charge in [0.15, 0.2) is 0 Å². The van der Waals surface area contributed by atoms with Crippen LogP contribution in [0, 0.1) is 11.8 Å². The third kappa shape index (κ3) is 2.66. The van der Waals surface area contributed by atoms with Crippen LogP contribution in [0.15, 0.2) is 42.5 Å². The van der Waals surface area contributed by atoms with Gasteiger partial charge in [-0.3, -0.25) is 24.1 Å². The molecule has 168 valence electrons. The van der Waals surface area contributed by atoms with Gasteiger partial charge in [0, 0.05) is 32.8 Å². The number of imide groups is 1. The number of likely N-dealkylation sites (tertiary alicyclic amines) is 1. The van der Waals surface area contributed by atoms with Crippen LogP contribution in [0.3, 0.4) is 0 Å². The van der Waals surface area contributed by atoms with Crippen LogP contribution in [-0.4, -0.2) is 39.9 Å². The summed E-state index contributed by atoms with van der Waals surface area (Å²) in [5.41, 5.74) is -1.21. The maximum atomic E-state index is 13.8. The Balaban J connectivity index is 1.54. The number of hydrogen-bond donors (Lipinski definition) is 0. The average Bonchev–Trinajstić information content (AvgIpc) is 3.53. The highest BCUT2D eigenvalue weighted by molar-refractivity contribution is 6.36. The summed E-state index contributed by atoms with van der Waals surface area (Å²) >= 11 is 12.5. The van der Waals surface area contributed by atoms with Crippen molar-refractivity contribution in [2.45, 2.75) is 43.4 Å². The van der Waals surface area contributed by atoms with E-state index in [9.17, 15) is 19.2 Å². The van der Waals surface area contributed by atoms with Gasteiger partial charge >= 0.3 is 0 Å². The van der Waals surface area contributed by atoms with Gasteiger partial charge < -0.3 is 4.74 Å². The fraction of sp³-hybridized carbons (Fsp3) is 0.360. The fourth-order valence-electron chi connectivity index (χ4n) is 6.08. The predicted octanol–water partition coefficient (Wildman–Crippen LogP) is 4.43. The second-order valence-electron chi connectivity index (χ2n) is 9.13. The van der Waals surface area contributed by atoms with E-state index >= 15 is 0 Å². The highest BCUT2D eigenvalue weighted by Crippen LogP contribution is 2.58. The van der Waals surface area contributed by atoms with Crippen LogP contribution in [0.5, 0.6) is 0 Å². The Morgan fingerprint density at radius 3 is 2.12 bits per heavy atom. The SMILES string of the molecule is O=C1[C@H]2[C@@H](c3ccc(Cl)cc3Cl)OC3(C(=O)c4ccccc4C3=O)[C@H]2C(=O)N1C1CCCC1. The number of benzene rings is 2. The van der Waals surface area contributed by atoms with Crippen LogP contribution in [0.1, 0.15) is 58.1 Å². The van der Waals surface area contributed by atoms with Gasteiger partial charge in [0.05, 0.1) is 17.9 Å². The number of halogens is 2. The molecule has 3 atom stereocenters. The maximum Gasteiger partial charge on any atom is 0.237 e. The first-order valence-electron chi connectivity index (χ1n) is 11.0. The molecule has 2 aromatic rings. The molecule has 0 N–H and O–H groups in total. The molecule has 6 rings (SSSR count). The number of fused-ring (bicyclic) bond motifs is 3. The van der Waals surface area contributed by atoms with E-state index in [1.165, 1.54) is 11.0 Å². The normalized spacial score (nSPS) is 28.3. The van der Waals surface area contributed by atoms with E-state index in [1.807, 2.05) is 0 Å². The van der Waals surface area contributed by atoms with Gasteiger partial charge in [0.25, 0.3) is 0 Å². The third-order valence-electron chi connectivity index (χ3n) is 7.51. The van der Waals surface area contributed by atoms with Gasteiger partial charge in [0.1, 0.15) is 0 Å². The van der Waals surface area contributed by atoms with Gasteiger partial charge in [-0.25, -0.2) is 0 Å². The van der Waals surface area contributed by atoms with E-state index in [-0.39, 0.29) is 22.2 Å². The lowest BCUT2D eigenvalue weighted by atomic mass is 9.77. The van der Waals surface area contributed by atoms with Crippen molar-refractivity contribution in [1.29, 1.82) is 0 Å². The summed E-state index contributed by atoms with van der Waals surface area (Å²) in [6, 6.07) is 11.0. The molecule has 2 heterocycles. The number of carbonyl (C=O) groups excluding carboxylic acids is 4. The molecule has 33 heavy (non-hydrogen) atoms. The molecule has 3 fully saturated rings. The van der Waals surface area contributed by atoms with Crippen molar-refractivity contribution in [3.05, 3.63) is 69.2 Å². The summed E-state index contributed by atoms with van der Waals surface area (Å²) in [7, 11) is 0. The minimum absolute atomic E-state index is 0.212. The first kappa shape index (κ1) is 21.0. The first-order chi connectivity index (χ1) is 15.9. The van der Waals surface area contributed by atoms with Crippen LogP contribution in [0.2, 0.25) is 10.0 Å². The maximum absolute atomic E-state index is 13.8. The zero-order chi connectivity index (χ0) is 23.1. The topological polar surface area (TPSA) is 80.8 Å². The Hall–Kier alpha value is -2.54. The molecule has 1 saturated carbocycles. The van der Waals surface area contributed by atoms with E-state index in [4.69, 9.17) is 27.9 Å². The zero-order valence-electron chi connectivity index (χ0n) is 17.4. The summed E-state index contributed by atoms with van der Waals surface area (Å²) in [4.78, 5) is 56.2. The molecule has 1 spiro atoms. The highest BCUT2D eigenvalue weighted by atomic mass is 35.5. The second kappa shape index (κ2) is 7.23. The number of amides is 2. The molecule has 4 aliphatic rings. The average molecular weight is 484 g/mol. The summed E-state index contributed by atoms with van der Waals surface area (Å²) < 4.78 is 6.25. The van der Waals surface area contributed by atoms with Gasteiger partial charge in [-0.05, 0) is 25.0 Å². The van der Waals surface area contributed by atoms with Crippen molar-refractivity contribution >= 4 is 46.6 Å². The van der Waals surface area contributed by atoms with E-state index in [0.717, 1.165) is 25.7 Å². The molecule has 0 radical (unpaired) electrons. The minimum atomic E-state index is -2.07. The Labute approximate surface area is 199 Å². The van der Waals surface area contributed by atoms with Gasteiger partial charge in [0.2, 0.25) is 29.0 Å². The second-order valence-corrected chi connectivity index (χ2v) is 9.98. The fourth-order valence-corrected chi connectivity index (χ4v) is 6.59. The van der Waals surface area contributed by atoms with Gasteiger partial charge in [-0.1, -0.05) is 66.4 Å². The highest BCUT2D eigenvalue weighted by Gasteiger charge is 2.75.